The minimum atomic E-state index is -1.96. The average molecular weight is 757 g/mol. The number of hydrogen-bond donors (Lipinski definition) is 6. The third-order valence-electron chi connectivity index (χ3n) is 9.91. The van der Waals surface area contributed by atoms with Crippen molar-refractivity contribution in [2.75, 3.05) is 13.2 Å². The van der Waals surface area contributed by atoms with Gasteiger partial charge in [-0.3, -0.25) is 9.59 Å². The van der Waals surface area contributed by atoms with Crippen LogP contribution in [-0.2, 0) is 31.9 Å². The number of carbonyl (C=O) groups excluding carboxylic acids is 2. The average Bonchev–Trinajstić information content (AvgIpc) is 3.71. The SMILES string of the molecule is O=C(N[C@H]1c2ccccc2C[C@H]1O)[C@H](OC/C=C/C=C/c1ccccc1)[C@H](O)[C@@H](O)[C@@H](OC/C=C/C=C/c1ccccc1)C(=O)N[C@H]1c2ccccc2C[C@H]1O. The van der Waals surface area contributed by atoms with Gasteiger partial charge in [-0.05, 0) is 33.4 Å². The minimum Gasteiger partial charge on any atom is -0.390 e. The van der Waals surface area contributed by atoms with Crippen LogP contribution < -0.4 is 10.6 Å². The Morgan fingerprint density at radius 3 is 1.36 bits per heavy atom. The van der Waals surface area contributed by atoms with Crippen molar-refractivity contribution in [2.45, 2.75) is 61.5 Å². The van der Waals surface area contributed by atoms with E-state index in [0.717, 1.165) is 33.4 Å². The third kappa shape index (κ3) is 10.4. The van der Waals surface area contributed by atoms with E-state index in [1.165, 1.54) is 0 Å². The standard InChI is InChI=1S/C46H48N2O8/c49-37-29-33-23-11-13-25-35(33)39(37)47-45(53)43(55-27-15-3-9-21-31-17-5-1-6-18-31)41(51)42(52)44(56-28-16-4-10-22-32-19-7-2-8-20-32)46(54)48-40-36-26-14-12-24-34(36)30-38(40)50/h1-26,37-44,49-52H,27-30H2,(H,47,53)(H,48,54)/b15-3+,16-4+,21-9+,22-10+/t37-,38-,39+,40+,41-,42-,43-,44-/m1/s1. The Bertz CT molecular complexity index is 1870. The van der Waals surface area contributed by atoms with Gasteiger partial charge in [0, 0.05) is 12.8 Å². The highest BCUT2D eigenvalue weighted by Gasteiger charge is 2.43. The van der Waals surface area contributed by atoms with Gasteiger partial charge < -0.3 is 40.5 Å². The first kappa shape index (κ1) is 40.2. The van der Waals surface area contributed by atoms with Crippen molar-refractivity contribution in [3.8, 4) is 0 Å². The van der Waals surface area contributed by atoms with Gasteiger partial charge in [-0.2, -0.15) is 0 Å². The number of fused-ring (bicyclic) bond motifs is 2. The second-order valence-electron chi connectivity index (χ2n) is 13.8. The molecule has 0 radical (unpaired) electrons. The van der Waals surface area contributed by atoms with E-state index in [-0.39, 0.29) is 13.2 Å². The molecule has 4 aromatic carbocycles. The number of rotatable bonds is 17. The van der Waals surface area contributed by atoms with Crippen LogP contribution in [0, 0.1) is 0 Å². The molecule has 2 aliphatic carbocycles. The minimum absolute atomic E-state index is 0.135. The Kier molecular flexibility index (Phi) is 14.3. The molecule has 0 saturated heterocycles. The maximum Gasteiger partial charge on any atom is 0.252 e. The van der Waals surface area contributed by atoms with Crippen molar-refractivity contribution >= 4 is 24.0 Å². The van der Waals surface area contributed by atoms with Crippen molar-refractivity contribution in [1.82, 2.24) is 10.6 Å². The maximum atomic E-state index is 14.0. The molecule has 6 rings (SSSR count). The number of nitrogens with one attached hydrogen (secondary N) is 2. The molecule has 2 amide bonds. The van der Waals surface area contributed by atoms with E-state index < -0.39 is 60.5 Å². The van der Waals surface area contributed by atoms with E-state index in [2.05, 4.69) is 10.6 Å². The van der Waals surface area contributed by atoms with Gasteiger partial charge in [0.25, 0.3) is 11.8 Å². The molecule has 8 atom stereocenters. The number of aliphatic hydroxyl groups is 4. The number of hydrogen-bond acceptors (Lipinski definition) is 8. The summed E-state index contributed by atoms with van der Waals surface area (Å²) in [5, 5.41) is 50.8. The van der Waals surface area contributed by atoms with Crippen molar-refractivity contribution in [3.63, 3.8) is 0 Å². The van der Waals surface area contributed by atoms with Gasteiger partial charge in [0.2, 0.25) is 0 Å². The zero-order chi connectivity index (χ0) is 39.3. The predicted octanol–water partition coefficient (Wildman–Crippen LogP) is 4.57. The largest absolute Gasteiger partial charge is 0.390 e. The van der Waals surface area contributed by atoms with Crippen LogP contribution in [0.4, 0.5) is 0 Å². The van der Waals surface area contributed by atoms with Crippen LogP contribution in [0.1, 0.15) is 45.5 Å². The molecular weight excluding hydrogens is 709 g/mol. The zero-order valence-corrected chi connectivity index (χ0v) is 30.9. The monoisotopic (exact) mass is 756 g/mol. The molecule has 6 N–H and O–H groups in total. The maximum absolute atomic E-state index is 14.0. The first-order chi connectivity index (χ1) is 27.3. The summed E-state index contributed by atoms with van der Waals surface area (Å²) in [7, 11) is 0. The molecule has 56 heavy (non-hydrogen) atoms. The van der Waals surface area contributed by atoms with E-state index in [1.54, 1.807) is 36.5 Å². The summed E-state index contributed by atoms with van der Waals surface area (Å²) < 4.78 is 11.8. The first-order valence-corrected chi connectivity index (χ1v) is 18.8. The Balaban J connectivity index is 1.20. The lowest BCUT2D eigenvalue weighted by atomic mass is 9.99. The van der Waals surface area contributed by atoms with Gasteiger partial charge in [0.1, 0.15) is 12.2 Å². The smallest absolute Gasteiger partial charge is 0.252 e. The summed E-state index contributed by atoms with van der Waals surface area (Å²) in [5.74, 6) is -1.59. The molecule has 0 fully saturated rings. The molecule has 0 bridgehead atoms. The topological polar surface area (TPSA) is 158 Å². The lowest BCUT2D eigenvalue weighted by Gasteiger charge is -2.32. The van der Waals surface area contributed by atoms with E-state index in [1.807, 2.05) is 121 Å². The fourth-order valence-corrected chi connectivity index (χ4v) is 7.03. The summed E-state index contributed by atoms with van der Waals surface area (Å²) in [6, 6.07) is 32.5. The Hall–Kier alpha value is -5.46. The lowest BCUT2D eigenvalue weighted by Crippen LogP contribution is -2.57. The van der Waals surface area contributed by atoms with Crippen LogP contribution in [0.25, 0.3) is 12.2 Å². The summed E-state index contributed by atoms with van der Waals surface area (Å²) >= 11 is 0. The fraction of sp³-hybridized carbons (Fsp3) is 0.261. The third-order valence-corrected chi connectivity index (χ3v) is 9.91. The molecule has 10 heteroatoms. The Labute approximate surface area is 327 Å². The Morgan fingerprint density at radius 2 is 0.946 bits per heavy atom. The predicted molar refractivity (Wildman–Crippen MR) is 215 cm³/mol. The normalized spacial score (nSPS) is 21.3. The van der Waals surface area contributed by atoms with Gasteiger partial charge in [0.15, 0.2) is 12.2 Å². The molecule has 0 unspecified atom stereocenters. The van der Waals surface area contributed by atoms with Crippen LogP contribution in [0.5, 0.6) is 0 Å². The molecule has 2 aliphatic rings. The summed E-state index contributed by atoms with van der Waals surface area (Å²) in [6.45, 7) is -0.270. The van der Waals surface area contributed by atoms with E-state index in [9.17, 15) is 30.0 Å². The molecule has 0 spiro atoms. The van der Waals surface area contributed by atoms with Gasteiger partial charge in [-0.15, -0.1) is 0 Å². The van der Waals surface area contributed by atoms with Crippen LogP contribution >= 0.6 is 0 Å². The second kappa shape index (κ2) is 19.9. The highest BCUT2D eigenvalue weighted by Crippen LogP contribution is 2.33. The number of aliphatic hydroxyl groups excluding tert-OH is 4. The lowest BCUT2D eigenvalue weighted by molar-refractivity contribution is -0.166. The first-order valence-electron chi connectivity index (χ1n) is 18.8. The van der Waals surface area contributed by atoms with Crippen LogP contribution in [0.15, 0.2) is 146 Å². The van der Waals surface area contributed by atoms with Crippen LogP contribution in [0.2, 0.25) is 0 Å². The molecule has 0 saturated carbocycles. The number of allylic oxidation sites excluding steroid dienone is 4. The molecule has 4 aromatic rings. The van der Waals surface area contributed by atoms with Crippen LogP contribution in [-0.4, -0.2) is 82.1 Å². The Morgan fingerprint density at radius 1 is 0.571 bits per heavy atom. The number of amides is 2. The zero-order valence-electron chi connectivity index (χ0n) is 30.9. The molecule has 290 valence electrons. The number of benzene rings is 4. The van der Waals surface area contributed by atoms with Gasteiger partial charge in [0.05, 0.1) is 37.5 Å². The van der Waals surface area contributed by atoms with E-state index in [0.29, 0.717) is 12.8 Å². The summed E-state index contributed by atoms with van der Waals surface area (Å²) in [4.78, 5) is 27.9. The highest BCUT2D eigenvalue weighted by atomic mass is 16.5. The van der Waals surface area contributed by atoms with Crippen molar-refractivity contribution in [2.24, 2.45) is 0 Å². The van der Waals surface area contributed by atoms with Gasteiger partial charge in [-0.1, -0.05) is 158 Å². The van der Waals surface area contributed by atoms with Gasteiger partial charge in [-0.25, -0.2) is 0 Å². The van der Waals surface area contributed by atoms with Crippen molar-refractivity contribution in [3.05, 3.63) is 179 Å². The molecular formula is C46H48N2O8. The molecule has 0 heterocycles. The quantitative estimate of drug-likeness (QED) is 0.0857. The fourth-order valence-electron chi connectivity index (χ4n) is 7.03. The number of carbonyl (C=O) groups is 2. The summed E-state index contributed by atoms with van der Waals surface area (Å²) in [5.41, 5.74) is 5.20. The van der Waals surface area contributed by atoms with Crippen LogP contribution in [0.3, 0.4) is 0 Å². The second-order valence-corrected chi connectivity index (χ2v) is 13.8. The van der Waals surface area contributed by atoms with Gasteiger partial charge >= 0.3 is 0 Å². The molecule has 0 aliphatic heterocycles. The highest BCUT2D eigenvalue weighted by molar-refractivity contribution is 5.84. The molecule has 10 nitrogen and oxygen atoms in total. The molecule has 0 aromatic heterocycles. The van der Waals surface area contributed by atoms with Crippen molar-refractivity contribution < 1.29 is 39.5 Å². The van der Waals surface area contributed by atoms with Crippen molar-refractivity contribution in [1.29, 1.82) is 0 Å². The van der Waals surface area contributed by atoms with E-state index >= 15 is 0 Å². The van der Waals surface area contributed by atoms with E-state index in [4.69, 9.17) is 9.47 Å². The number of ether oxygens (including phenoxy) is 2. The summed E-state index contributed by atoms with van der Waals surface area (Å²) in [6.07, 6.45) is 5.65.